The van der Waals surface area contributed by atoms with Crippen LogP contribution in [0.15, 0.2) is 42.5 Å². The van der Waals surface area contributed by atoms with Crippen molar-refractivity contribution in [1.82, 2.24) is 20.1 Å². The average molecular weight is 430 g/mol. The van der Waals surface area contributed by atoms with Crippen molar-refractivity contribution >= 4 is 34.0 Å². The van der Waals surface area contributed by atoms with Gasteiger partial charge < -0.3 is 15.4 Å². The summed E-state index contributed by atoms with van der Waals surface area (Å²) >= 11 is 7.51. The number of pyridine rings is 1. The zero-order chi connectivity index (χ0) is 20.2. The van der Waals surface area contributed by atoms with Crippen molar-refractivity contribution in [3.8, 4) is 0 Å². The first kappa shape index (κ1) is 19.8. The molecule has 150 valence electrons. The van der Waals surface area contributed by atoms with Gasteiger partial charge in [0.2, 0.25) is 11.0 Å². The second kappa shape index (κ2) is 8.86. The summed E-state index contributed by atoms with van der Waals surface area (Å²) in [5, 5.41) is 9.40. The number of nitrogens with zero attached hydrogens (tertiary/aromatic N) is 4. The predicted molar refractivity (Wildman–Crippen MR) is 112 cm³/mol. The van der Waals surface area contributed by atoms with Gasteiger partial charge in [0.15, 0.2) is 0 Å². The molecular formula is C20H20ClN5O2S. The van der Waals surface area contributed by atoms with E-state index in [-0.39, 0.29) is 18.4 Å². The average Bonchev–Trinajstić information content (AvgIpc) is 3.14. The van der Waals surface area contributed by atoms with Crippen molar-refractivity contribution in [2.75, 3.05) is 25.4 Å². The molecule has 0 bridgehead atoms. The molecule has 3 aromatic rings. The number of ether oxygens (including phenoxy) is 1. The lowest BCUT2D eigenvalue weighted by atomic mass is 10.1. The second-order valence-electron chi connectivity index (χ2n) is 6.73. The van der Waals surface area contributed by atoms with Gasteiger partial charge in [-0.3, -0.25) is 9.78 Å². The minimum atomic E-state index is -0.265. The fraction of sp³-hybridized carbons (Fsp3) is 0.300. The van der Waals surface area contributed by atoms with Gasteiger partial charge in [-0.25, -0.2) is 0 Å². The summed E-state index contributed by atoms with van der Waals surface area (Å²) in [5.74, 6) is -0.0123. The molecule has 1 amide bonds. The summed E-state index contributed by atoms with van der Waals surface area (Å²) in [4.78, 5) is 19.2. The number of benzene rings is 1. The van der Waals surface area contributed by atoms with E-state index in [0.29, 0.717) is 36.3 Å². The molecule has 2 N–H and O–H groups in total. The number of carbonyl (C=O) groups is 1. The van der Waals surface area contributed by atoms with Crippen molar-refractivity contribution < 1.29 is 9.53 Å². The number of hydrogen-bond donors (Lipinski definition) is 1. The van der Waals surface area contributed by atoms with Crippen LogP contribution < -0.4 is 5.73 Å². The predicted octanol–water partition coefficient (Wildman–Crippen LogP) is 2.90. The van der Waals surface area contributed by atoms with Gasteiger partial charge in [0, 0.05) is 23.7 Å². The first-order valence-corrected chi connectivity index (χ1v) is 10.4. The van der Waals surface area contributed by atoms with Gasteiger partial charge >= 0.3 is 0 Å². The zero-order valence-electron chi connectivity index (χ0n) is 15.6. The molecule has 1 saturated heterocycles. The van der Waals surface area contributed by atoms with Gasteiger partial charge in [-0.15, -0.1) is 10.2 Å². The van der Waals surface area contributed by atoms with E-state index in [4.69, 9.17) is 27.1 Å². The van der Waals surface area contributed by atoms with E-state index < -0.39 is 0 Å². The quantitative estimate of drug-likeness (QED) is 0.670. The highest BCUT2D eigenvalue weighted by Crippen LogP contribution is 2.24. The number of nitrogens with two attached hydrogens (primary N) is 1. The number of anilines is 1. The fourth-order valence-corrected chi connectivity index (χ4v) is 4.05. The van der Waals surface area contributed by atoms with Crippen LogP contribution in [-0.4, -0.2) is 45.7 Å². The van der Waals surface area contributed by atoms with Crippen LogP contribution in [0.25, 0.3) is 0 Å². The minimum Gasteiger partial charge on any atom is -0.374 e. The Morgan fingerprint density at radius 3 is 2.90 bits per heavy atom. The van der Waals surface area contributed by atoms with Crippen LogP contribution in [0.2, 0.25) is 5.02 Å². The maximum atomic E-state index is 12.6. The van der Waals surface area contributed by atoms with Crippen molar-refractivity contribution in [3.05, 3.63) is 69.4 Å². The van der Waals surface area contributed by atoms with Crippen LogP contribution in [0.5, 0.6) is 0 Å². The molecule has 0 unspecified atom stereocenters. The van der Waals surface area contributed by atoms with E-state index in [0.717, 1.165) is 22.0 Å². The van der Waals surface area contributed by atoms with Crippen molar-refractivity contribution in [3.63, 3.8) is 0 Å². The number of amides is 1. The smallest absolute Gasteiger partial charge is 0.229 e. The minimum absolute atomic E-state index is 0.0123. The van der Waals surface area contributed by atoms with Gasteiger partial charge in [-0.1, -0.05) is 47.2 Å². The van der Waals surface area contributed by atoms with E-state index in [2.05, 4.69) is 10.2 Å². The summed E-state index contributed by atoms with van der Waals surface area (Å²) in [7, 11) is 0. The van der Waals surface area contributed by atoms with Crippen molar-refractivity contribution in [1.29, 1.82) is 0 Å². The topological polar surface area (TPSA) is 94.2 Å². The maximum absolute atomic E-state index is 12.6. The van der Waals surface area contributed by atoms with Crippen molar-refractivity contribution in [2.24, 2.45) is 0 Å². The Labute approximate surface area is 177 Å². The Hall–Kier alpha value is -2.55. The normalized spacial score (nSPS) is 16.7. The number of rotatable bonds is 5. The van der Waals surface area contributed by atoms with Crippen LogP contribution >= 0.6 is 22.9 Å². The van der Waals surface area contributed by atoms with Gasteiger partial charge in [-0.2, -0.15) is 0 Å². The molecular weight excluding hydrogens is 410 g/mol. The molecule has 9 heteroatoms. The van der Waals surface area contributed by atoms with E-state index in [9.17, 15) is 4.79 Å². The van der Waals surface area contributed by atoms with E-state index in [1.54, 1.807) is 4.90 Å². The Balaban J connectivity index is 1.44. The number of nitrogen functional groups attached to an aromatic ring is 1. The molecule has 1 fully saturated rings. The molecule has 29 heavy (non-hydrogen) atoms. The molecule has 0 saturated carbocycles. The number of carbonyl (C=O) groups excluding carboxylic acids is 1. The molecule has 7 nitrogen and oxygen atoms in total. The molecule has 0 radical (unpaired) electrons. The SMILES string of the molecule is Nc1nnc(CC(=O)N2CCO[C@@H](c3cccc(Cc4ccccc4Cl)n3)C2)s1. The van der Waals surface area contributed by atoms with Crippen LogP contribution in [0.4, 0.5) is 5.13 Å². The number of morpholine rings is 1. The Kier molecular flexibility index (Phi) is 6.03. The highest BCUT2D eigenvalue weighted by Gasteiger charge is 2.27. The largest absolute Gasteiger partial charge is 0.374 e. The highest BCUT2D eigenvalue weighted by atomic mass is 35.5. The third-order valence-electron chi connectivity index (χ3n) is 4.69. The van der Waals surface area contributed by atoms with Gasteiger partial charge in [0.05, 0.1) is 25.3 Å². The standard InChI is InChI=1S/C20H20ClN5O2S/c21-15-6-2-1-4-13(15)10-14-5-3-7-16(23-14)17-12-26(8-9-28-17)19(27)11-18-24-25-20(22)29-18/h1-7,17H,8-12H2,(H2,22,25)/t17-/m1/s1. The number of hydrogen-bond acceptors (Lipinski definition) is 7. The zero-order valence-corrected chi connectivity index (χ0v) is 17.2. The summed E-state index contributed by atoms with van der Waals surface area (Å²) in [6.07, 6.45) is 0.571. The lowest BCUT2D eigenvalue weighted by Crippen LogP contribution is -2.43. The fourth-order valence-electron chi connectivity index (χ4n) is 3.25. The van der Waals surface area contributed by atoms with E-state index in [1.165, 1.54) is 11.3 Å². The molecule has 4 rings (SSSR count). The Morgan fingerprint density at radius 1 is 1.24 bits per heavy atom. The molecule has 1 aromatic carbocycles. The first-order valence-electron chi connectivity index (χ1n) is 9.25. The summed E-state index contributed by atoms with van der Waals surface area (Å²) in [6, 6.07) is 13.6. The summed E-state index contributed by atoms with van der Waals surface area (Å²) < 4.78 is 5.90. The third-order valence-corrected chi connectivity index (χ3v) is 5.81. The van der Waals surface area contributed by atoms with E-state index >= 15 is 0 Å². The first-order chi connectivity index (χ1) is 14.1. The van der Waals surface area contributed by atoms with Crippen molar-refractivity contribution in [2.45, 2.75) is 18.9 Å². The second-order valence-corrected chi connectivity index (χ2v) is 8.23. The number of halogens is 1. The Bertz CT molecular complexity index is 1010. The molecule has 3 heterocycles. The van der Waals surface area contributed by atoms with Crippen LogP contribution in [0.1, 0.15) is 28.1 Å². The molecule has 1 atom stereocenters. The van der Waals surface area contributed by atoms with Crippen LogP contribution in [0, 0.1) is 0 Å². The Morgan fingerprint density at radius 2 is 2.10 bits per heavy atom. The summed E-state index contributed by atoms with van der Waals surface area (Å²) in [6.45, 7) is 1.46. The molecule has 1 aliphatic heterocycles. The third kappa shape index (κ3) is 4.90. The van der Waals surface area contributed by atoms with Gasteiger partial charge in [0.25, 0.3) is 0 Å². The van der Waals surface area contributed by atoms with Crippen LogP contribution in [0.3, 0.4) is 0 Å². The lowest BCUT2D eigenvalue weighted by Gasteiger charge is -2.32. The number of aromatic nitrogens is 3. The van der Waals surface area contributed by atoms with E-state index in [1.807, 2.05) is 42.5 Å². The molecule has 2 aromatic heterocycles. The highest BCUT2D eigenvalue weighted by molar-refractivity contribution is 7.15. The maximum Gasteiger partial charge on any atom is 0.229 e. The molecule has 0 spiro atoms. The molecule has 0 aliphatic carbocycles. The monoisotopic (exact) mass is 429 g/mol. The van der Waals surface area contributed by atoms with Gasteiger partial charge in [0.1, 0.15) is 11.1 Å². The molecule has 1 aliphatic rings. The van der Waals surface area contributed by atoms with Crippen LogP contribution in [-0.2, 0) is 22.4 Å². The summed E-state index contributed by atoms with van der Waals surface area (Å²) in [5.41, 5.74) is 8.34. The van der Waals surface area contributed by atoms with Gasteiger partial charge in [-0.05, 0) is 23.8 Å². The lowest BCUT2D eigenvalue weighted by molar-refractivity contribution is -0.138.